The summed E-state index contributed by atoms with van der Waals surface area (Å²) >= 11 is 5.69. The van der Waals surface area contributed by atoms with Crippen LogP contribution in [0.2, 0.25) is 0 Å². The number of aryl methyl sites for hydroxylation is 2. The number of carbonyl (C=O) groups is 1. The molecule has 0 saturated carbocycles. The van der Waals surface area contributed by atoms with Crippen LogP contribution in [-0.2, 0) is 11.2 Å². The second-order valence-corrected chi connectivity index (χ2v) is 6.74. The van der Waals surface area contributed by atoms with Gasteiger partial charge in [0, 0.05) is 23.2 Å². The van der Waals surface area contributed by atoms with Gasteiger partial charge in [0.2, 0.25) is 0 Å². The monoisotopic (exact) mass is 392 g/mol. The Morgan fingerprint density at radius 1 is 1.30 bits per heavy atom. The molecule has 0 aliphatic carbocycles. The van der Waals surface area contributed by atoms with Crippen LogP contribution in [0.3, 0.4) is 0 Å². The van der Waals surface area contributed by atoms with Crippen molar-refractivity contribution in [2.75, 3.05) is 17.8 Å². The molecule has 0 radical (unpaired) electrons. The van der Waals surface area contributed by atoms with Gasteiger partial charge in [-0.15, -0.1) is 11.6 Å². The van der Waals surface area contributed by atoms with Gasteiger partial charge < -0.3 is 15.2 Å². The average molecular weight is 393 g/mol. The van der Waals surface area contributed by atoms with Crippen molar-refractivity contribution < 1.29 is 19.6 Å². The van der Waals surface area contributed by atoms with Gasteiger partial charge in [0.1, 0.15) is 12.4 Å². The van der Waals surface area contributed by atoms with Gasteiger partial charge in [-0.1, -0.05) is 12.1 Å². The number of rotatable bonds is 8. The number of aliphatic hydroxyl groups is 1. The molecule has 2 rings (SSSR count). The first-order valence-electron chi connectivity index (χ1n) is 8.29. The van der Waals surface area contributed by atoms with E-state index in [0.717, 1.165) is 12.0 Å². The fraction of sp³-hybridized carbons (Fsp3) is 0.316. The lowest BCUT2D eigenvalue weighted by Gasteiger charge is -2.22. The largest absolute Gasteiger partial charge is 0.490 e. The zero-order chi connectivity index (χ0) is 20.0. The van der Waals surface area contributed by atoms with Crippen LogP contribution in [0, 0.1) is 17.0 Å². The Morgan fingerprint density at radius 2 is 1.96 bits per heavy atom. The molecule has 27 heavy (non-hydrogen) atoms. The summed E-state index contributed by atoms with van der Waals surface area (Å²) in [6.45, 7) is 2.66. The van der Waals surface area contributed by atoms with E-state index in [1.165, 1.54) is 25.1 Å². The maximum absolute atomic E-state index is 12.3. The van der Waals surface area contributed by atoms with Crippen molar-refractivity contribution in [1.82, 2.24) is 0 Å². The topological polar surface area (TPSA) is 102 Å². The molecule has 0 saturated heterocycles. The number of anilines is 1. The number of nitrogens with zero attached hydrogens (tertiary/aromatic N) is 1. The third-order valence-electron chi connectivity index (χ3n) is 3.97. The molecule has 7 nitrogen and oxygen atoms in total. The van der Waals surface area contributed by atoms with Gasteiger partial charge in [0.15, 0.2) is 5.60 Å². The molecule has 144 valence electrons. The predicted molar refractivity (Wildman–Crippen MR) is 103 cm³/mol. The number of nitrogens with one attached hydrogen (secondary N) is 1. The Morgan fingerprint density at radius 3 is 2.52 bits per heavy atom. The minimum Gasteiger partial charge on any atom is -0.490 e. The molecular weight excluding hydrogens is 372 g/mol. The molecule has 1 atom stereocenters. The molecule has 0 aromatic heterocycles. The molecule has 0 spiro atoms. The lowest BCUT2D eigenvalue weighted by molar-refractivity contribution is -0.385. The third kappa shape index (κ3) is 5.67. The van der Waals surface area contributed by atoms with Crippen LogP contribution in [0.5, 0.6) is 5.75 Å². The Labute approximate surface area is 162 Å². The Kier molecular flexibility index (Phi) is 6.76. The summed E-state index contributed by atoms with van der Waals surface area (Å²) in [6, 6.07) is 11.4. The Balaban J connectivity index is 1.98. The predicted octanol–water partition coefficient (Wildman–Crippen LogP) is 3.45. The van der Waals surface area contributed by atoms with Crippen molar-refractivity contribution in [2.24, 2.45) is 0 Å². The molecule has 8 heteroatoms. The SMILES string of the molecule is Cc1cc(NC(=O)C(C)(O)COc2ccc(CCCl)cc2)ccc1[N+](=O)[O-]. The van der Waals surface area contributed by atoms with E-state index in [1.54, 1.807) is 19.1 Å². The lowest BCUT2D eigenvalue weighted by Crippen LogP contribution is -2.45. The maximum atomic E-state index is 12.3. The molecule has 0 fully saturated rings. The molecule has 2 aromatic carbocycles. The number of hydrogen-bond donors (Lipinski definition) is 2. The molecule has 0 bridgehead atoms. The van der Waals surface area contributed by atoms with Gasteiger partial charge in [-0.25, -0.2) is 0 Å². The van der Waals surface area contributed by atoms with Crippen LogP contribution in [0.4, 0.5) is 11.4 Å². The Bertz CT molecular complexity index is 821. The fourth-order valence-electron chi connectivity index (χ4n) is 2.35. The average Bonchev–Trinajstić information content (AvgIpc) is 2.61. The van der Waals surface area contributed by atoms with Crippen LogP contribution in [0.25, 0.3) is 0 Å². The number of carbonyl (C=O) groups excluding carboxylic acids is 1. The molecule has 1 unspecified atom stereocenters. The summed E-state index contributed by atoms with van der Waals surface area (Å²) < 4.78 is 5.50. The summed E-state index contributed by atoms with van der Waals surface area (Å²) in [5.74, 6) is 0.374. The summed E-state index contributed by atoms with van der Waals surface area (Å²) in [5.41, 5.74) is 0.000409. The Hall–Kier alpha value is -2.64. The van der Waals surface area contributed by atoms with Crippen LogP contribution in [-0.4, -0.2) is 34.0 Å². The summed E-state index contributed by atoms with van der Waals surface area (Å²) in [6.07, 6.45) is 0.747. The highest BCUT2D eigenvalue weighted by Gasteiger charge is 2.31. The maximum Gasteiger partial charge on any atom is 0.272 e. The minimum atomic E-state index is -1.79. The molecule has 0 aliphatic heterocycles. The van der Waals surface area contributed by atoms with Gasteiger partial charge in [0.05, 0.1) is 4.92 Å². The van der Waals surface area contributed by atoms with Crippen molar-refractivity contribution in [1.29, 1.82) is 0 Å². The standard InChI is InChI=1S/C19H21ClN2O5/c1-13-11-15(5-8-17(13)22(25)26)21-18(23)19(2,24)12-27-16-6-3-14(4-7-16)9-10-20/h3-8,11,24H,9-10,12H2,1-2H3,(H,21,23). The number of ether oxygens (including phenoxy) is 1. The highest BCUT2D eigenvalue weighted by atomic mass is 35.5. The summed E-state index contributed by atoms with van der Waals surface area (Å²) in [4.78, 5) is 22.7. The fourth-order valence-corrected chi connectivity index (χ4v) is 2.57. The van der Waals surface area contributed by atoms with Crippen molar-refractivity contribution in [3.63, 3.8) is 0 Å². The second kappa shape index (κ2) is 8.83. The van der Waals surface area contributed by atoms with E-state index in [1.807, 2.05) is 12.1 Å². The zero-order valence-electron chi connectivity index (χ0n) is 15.1. The normalized spacial score (nSPS) is 12.9. The van der Waals surface area contributed by atoms with Crippen molar-refractivity contribution in [3.8, 4) is 5.75 Å². The third-order valence-corrected chi connectivity index (χ3v) is 4.16. The summed E-state index contributed by atoms with van der Waals surface area (Å²) in [5, 5.41) is 23.8. The number of alkyl halides is 1. The van der Waals surface area contributed by atoms with E-state index >= 15 is 0 Å². The minimum absolute atomic E-state index is 0.0410. The smallest absolute Gasteiger partial charge is 0.272 e. The summed E-state index contributed by atoms with van der Waals surface area (Å²) in [7, 11) is 0. The molecule has 2 N–H and O–H groups in total. The zero-order valence-corrected chi connectivity index (χ0v) is 15.8. The van der Waals surface area contributed by atoms with Crippen LogP contribution >= 0.6 is 11.6 Å². The molecule has 0 heterocycles. The first kappa shape index (κ1) is 20.7. The van der Waals surface area contributed by atoms with Gasteiger partial charge >= 0.3 is 0 Å². The number of nitro groups is 1. The first-order chi connectivity index (χ1) is 12.7. The number of halogens is 1. The quantitative estimate of drug-likeness (QED) is 0.407. The van der Waals surface area contributed by atoms with Gasteiger partial charge in [-0.3, -0.25) is 14.9 Å². The van der Waals surface area contributed by atoms with Crippen molar-refractivity contribution in [2.45, 2.75) is 25.9 Å². The number of hydrogen-bond acceptors (Lipinski definition) is 5. The van der Waals surface area contributed by atoms with Crippen molar-refractivity contribution >= 4 is 28.9 Å². The number of benzene rings is 2. The van der Waals surface area contributed by atoms with E-state index in [-0.39, 0.29) is 12.3 Å². The van der Waals surface area contributed by atoms with Crippen molar-refractivity contribution in [3.05, 3.63) is 63.7 Å². The first-order valence-corrected chi connectivity index (χ1v) is 8.83. The highest BCUT2D eigenvalue weighted by Crippen LogP contribution is 2.22. The number of nitro benzene ring substituents is 1. The number of amides is 1. The van der Waals surface area contributed by atoms with Gasteiger partial charge in [-0.2, -0.15) is 0 Å². The molecule has 0 aliphatic rings. The van der Waals surface area contributed by atoms with E-state index in [4.69, 9.17) is 16.3 Å². The molecule has 1 amide bonds. The van der Waals surface area contributed by atoms with Gasteiger partial charge in [0.25, 0.3) is 11.6 Å². The van der Waals surface area contributed by atoms with Crippen LogP contribution in [0.15, 0.2) is 42.5 Å². The van der Waals surface area contributed by atoms with Crippen LogP contribution < -0.4 is 10.1 Å². The highest BCUT2D eigenvalue weighted by molar-refractivity contribution is 6.17. The lowest BCUT2D eigenvalue weighted by atomic mass is 10.1. The van der Waals surface area contributed by atoms with Gasteiger partial charge in [-0.05, 0) is 50.1 Å². The van der Waals surface area contributed by atoms with E-state index in [2.05, 4.69) is 5.32 Å². The van der Waals surface area contributed by atoms with E-state index in [0.29, 0.717) is 22.9 Å². The van der Waals surface area contributed by atoms with E-state index < -0.39 is 16.4 Å². The molecular formula is C19H21ClN2O5. The molecule has 2 aromatic rings. The van der Waals surface area contributed by atoms with Crippen LogP contribution in [0.1, 0.15) is 18.1 Å². The second-order valence-electron chi connectivity index (χ2n) is 6.36. The van der Waals surface area contributed by atoms with E-state index in [9.17, 15) is 20.0 Å².